The standard InChI is InChI=1S/C14H24N6OS/c1-17-22(21)11-7-8-13(12(9-11)14(15)19-20-16)18-10-5-3-2-4-6-10/h7-10,17-18,20H,2-6,16H2,1H3,(H2,15,19). The van der Waals surface area contributed by atoms with E-state index in [9.17, 15) is 4.21 Å². The lowest BCUT2D eigenvalue weighted by molar-refractivity contribution is 0.462. The second-order valence-electron chi connectivity index (χ2n) is 5.29. The van der Waals surface area contributed by atoms with Crippen molar-refractivity contribution in [1.29, 1.82) is 0 Å². The van der Waals surface area contributed by atoms with E-state index in [1.54, 1.807) is 13.1 Å². The molecule has 8 heteroatoms. The highest BCUT2D eigenvalue weighted by atomic mass is 32.2. The Labute approximate surface area is 133 Å². The smallest absolute Gasteiger partial charge is 0.154 e. The summed E-state index contributed by atoms with van der Waals surface area (Å²) >= 11 is 0. The Morgan fingerprint density at radius 2 is 2.05 bits per heavy atom. The Balaban J connectivity index is 2.30. The van der Waals surface area contributed by atoms with Crippen LogP contribution in [0.25, 0.3) is 0 Å². The fraction of sp³-hybridized carbons (Fsp3) is 0.500. The Morgan fingerprint density at radius 1 is 1.32 bits per heavy atom. The van der Waals surface area contributed by atoms with Crippen molar-refractivity contribution in [2.24, 2.45) is 16.7 Å². The first-order valence-corrected chi connectivity index (χ1v) is 8.59. The van der Waals surface area contributed by atoms with Gasteiger partial charge in [0.1, 0.15) is 11.0 Å². The summed E-state index contributed by atoms with van der Waals surface area (Å²) in [6.07, 6.45) is 6.07. The molecule has 1 aliphatic carbocycles. The average Bonchev–Trinajstić information content (AvgIpc) is 2.55. The van der Waals surface area contributed by atoms with E-state index in [0.29, 0.717) is 16.5 Å². The van der Waals surface area contributed by atoms with Gasteiger partial charge in [0.05, 0.1) is 4.90 Å². The van der Waals surface area contributed by atoms with Crippen LogP contribution in [0.4, 0.5) is 5.69 Å². The highest BCUT2D eigenvalue weighted by Crippen LogP contribution is 2.25. The third kappa shape index (κ3) is 4.19. The number of hydrazine groups is 1. The summed E-state index contributed by atoms with van der Waals surface area (Å²) in [6.45, 7) is 0. The molecule has 1 saturated carbocycles. The molecular formula is C14H24N6OS. The second-order valence-corrected chi connectivity index (χ2v) is 6.70. The van der Waals surface area contributed by atoms with Gasteiger partial charge in [-0.3, -0.25) is 0 Å². The van der Waals surface area contributed by atoms with E-state index in [1.165, 1.54) is 19.3 Å². The maximum atomic E-state index is 11.9. The zero-order valence-corrected chi connectivity index (χ0v) is 13.6. The van der Waals surface area contributed by atoms with Crippen LogP contribution in [-0.2, 0) is 11.0 Å². The monoisotopic (exact) mass is 324 g/mol. The Kier molecular flexibility index (Phi) is 6.17. The van der Waals surface area contributed by atoms with Crippen molar-refractivity contribution in [1.82, 2.24) is 10.3 Å². The average molecular weight is 324 g/mol. The normalized spacial score (nSPS) is 18.0. The highest BCUT2D eigenvalue weighted by molar-refractivity contribution is 7.83. The van der Waals surface area contributed by atoms with Gasteiger partial charge in [-0.05, 0) is 38.1 Å². The first kappa shape index (κ1) is 16.7. The van der Waals surface area contributed by atoms with Crippen LogP contribution in [-0.4, -0.2) is 23.1 Å². The molecule has 2 rings (SSSR count). The van der Waals surface area contributed by atoms with Crippen LogP contribution < -0.4 is 27.2 Å². The zero-order valence-electron chi connectivity index (χ0n) is 12.8. The van der Waals surface area contributed by atoms with Crippen molar-refractivity contribution in [3.63, 3.8) is 0 Å². The molecule has 0 aliphatic heterocycles. The Morgan fingerprint density at radius 3 is 2.68 bits per heavy atom. The number of nitrogens with one attached hydrogen (secondary N) is 3. The summed E-state index contributed by atoms with van der Waals surface area (Å²) in [5.41, 5.74) is 9.76. The molecule has 22 heavy (non-hydrogen) atoms. The molecule has 0 amide bonds. The molecule has 1 aliphatic rings. The van der Waals surface area contributed by atoms with Gasteiger partial charge in [0.25, 0.3) is 0 Å². The molecule has 0 heterocycles. The second kappa shape index (κ2) is 8.11. The van der Waals surface area contributed by atoms with E-state index >= 15 is 0 Å². The van der Waals surface area contributed by atoms with Crippen LogP contribution in [0.5, 0.6) is 0 Å². The van der Waals surface area contributed by atoms with E-state index in [4.69, 9.17) is 11.6 Å². The summed E-state index contributed by atoms with van der Waals surface area (Å²) in [7, 11) is 0.366. The molecule has 0 spiro atoms. The lowest BCUT2D eigenvalue weighted by Crippen LogP contribution is -2.27. The lowest BCUT2D eigenvalue weighted by Gasteiger charge is -2.25. The molecule has 0 saturated heterocycles. The number of amidine groups is 1. The minimum absolute atomic E-state index is 0.260. The molecule has 0 bridgehead atoms. The fourth-order valence-corrected chi connectivity index (χ4v) is 3.34. The number of rotatable bonds is 6. The van der Waals surface area contributed by atoms with Gasteiger partial charge in [-0.1, -0.05) is 19.3 Å². The summed E-state index contributed by atoms with van der Waals surface area (Å²) in [5, 5.41) is 7.36. The molecular weight excluding hydrogens is 300 g/mol. The van der Waals surface area contributed by atoms with E-state index in [2.05, 4.69) is 20.7 Å². The third-order valence-electron chi connectivity index (χ3n) is 3.82. The predicted molar refractivity (Wildman–Crippen MR) is 90.5 cm³/mol. The van der Waals surface area contributed by atoms with E-state index in [0.717, 1.165) is 18.5 Å². The van der Waals surface area contributed by atoms with Crippen LogP contribution in [0.1, 0.15) is 37.7 Å². The van der Waals surface area contributed by atoms with Crippen LogP contribution in [0.15, 0.2) is 28.2 Å². The number of hydrogen-bond acceptors (Lipinski definition) is 5. The predicted octanol–water partition coefficient (Wildman–Crippen LogP) is 0.757. The SMILES string of the molecule is CNS(=O)c1ccc(NC2CCCCC2)c(/C(N)=N/NN)c1. The lowest BCUT2D eigenvalue weighted by atomic mass is 9.95. The van der Waals surface area contributed by atoms with Crippen molar-refractivity contribution in [2.75, 3.05) is 12.4 Å². The zero-order chi connectivity index (χ0) is 15.9. The highest BCUT2D eigenvalue weighted by Gasteiger charge is 2.17. The number of hydrogen-bond donors (Lipinski definition) is 5. The van der Waals surface area contributed by atoms with Crippen molar-refractivity contribution < 1.29 is 4.21 Å². The number of hydrazone groups is 1. The van der Waals surface area contributed by atoms with Crippen molar-refractivity contribution in [3.05, 3.63) is 23.8 Å². The molecule has 1 aromatic carbocycles. The Hall–Kier alpha value is -1.64. The minimum atomic E-state index is -1.28. The van der Waals surface area contributed by atoms with Gasteiger partial charge in [0.2, 0.25) is 0 Å². The molecule has 1 fully saturated rings. The van der Waals surface area contributed by atoms with E-state index in [1.807, 2.05) is 12.1 Å². The molecule has 1 aromatic rings. The van der Waals surface area contributed by atoms with Gasteiger partial charge in [-0.25, -0.2) is 20.3 Å². The third-order valence-corrected chi connectivity index (χ3v) is 4.87. The molecule has 1 atom stereocenters. The summed E-state index contributed by atoms with van der Waals surface area (Å²) in [5.74, 6) is 5.47. The maximum Gasteiger partial charge on any atom is 0.154 e. The van der Waals surface area contributed by atoms with Gasteiger partial charge in [-0.15, -0.1) is 5.10 Å². The van der Waals surface area contributed by atoms with Crippen LogP contribution >= 0.6 is 0 Å². The molecule has 7 N–H and O–H groups in total. The van der Waals surface area contributed by atoms with Crippen LogP contribution in [0.2, 0.25) is 0 Å². The molecule has 0 radical (unpaired) electrons. The van der Waals surface area contributed by atoms with Gasteiger partial charge < -0.3 is 11.1 Å². The summed E-state index contributed by atoms with van der Waals surface area (Å²) in [6, 6.07) is 5.93. The summed E-state index contributed by atoms with van der Waals surface area (Å²) in [4.78, 5) is 0.641. The quantitative estimate of drug-likeness (QED) is 0.229. The van der Waals surface area contributed by atoms with Gasteiger partial charge in [0.15, 0.2) is 5.84 Å². The number of anilines is 1. The van der Waals surface area contributed by atoms with E-state index in [-0.39, 0.29) is 5.84 Å². The Bertz CT molecular complexity index is 556. The van der Waals surface area contributed by atoms with Gasteiger partial charge in [-0.2, -0.15) is 0 Å². The topological polar surface area (TPSA) is 118 Å². The first-order chi connectivity index (χ1) is 10.7. The number of benzene rings is 1. The van der Waals surface area contributed by atoms with Crippen molar-refractivity contribution in [3.8, 4) is 0 Å². The largest absolute Gasteiger partial charge is 0.382 e. The van der Waals surface area contributed by atoms with Gasteiger partial charge >= 0.3 is 0 Å². The van der Waals surface area contributed by atoms with Gasteiger partial charge in [0, 0.05) is 17.3 Å². The first-order valence-electron chi connectivity index (χ1n) is 7.44. The van der Waals surface area contributed by atoms with E-state index < -0.39 is 11.0 Å². The maximum absolute atomic E-state index is 11.9. The number of nitrogens with zero attached hydrogens (tertiary/aromatic N) is 1. The fourth-order valence-electron chi connectivity index (χ4n) is 2.69. The molecule has 7 nitrogen and oxygen atoms in total. The molecule has 1 unspecified atom stereocenters. The summed E-state index contributed by atoms with van der Waals surface area (Å²) < 4.78 is 14.6. The van der Waals surface area contributed by atoms with Crippen molar-refractivity contribution >= 4 is 22.5 Å². The van der Waals surface area contributed by atoms with Crippen molar-refractivity contribution in [2.45, 2.75) is 43.0 Å². The van der Waals surface area contributed by atoms with Crippen LogP contribution in [0, 0.1) is 0 Å². The number of nitrogens with two attached hydrogens (primary N) is 2. The molecule has 122 valence electrons. The van der Waals surface area contributed by atoms with Crippen LogP contribution in [0.3, 0.4) is 0 Å². The minimum Gasteiger partial charge on any atom is -0.382 e. The molecule has 0 aromatic heterocycles.